The van der Waals surface area contributed by atoms with Gasteiger partial charge in [0.1, 0.15) is 5.82 Å². The molecule has 0 aliphatic carbocycles. The third-order valence-corrected chi connectivity index (χ3v) is 4.19. The number of hydrogen-bond donors (Lipinski definition) is 2. The Kier molecular flexibility index (Phi) is 6.11. The van der Waals surface area contributed by atoms with Gasteiger partial charge in [-0.2, -0.15) is 0 Å². The third kappa shape index (κ3) is 4.59. The van der Waals surface area contributed by atoms with Crippen molar-refractivity contribution in [2.75, 3.05) is 28.6 Å². The molecule has 144 valence electrons. The molecule has 0 fully saturated rings. The number of nitrogens with one attached hydrogen (secondary N) is 2. The first kappa shape index (κ1) is 19.2. The van der Waals surface area contributed by atoms with Crippen LogP contribution in [0.25, 0.3) is 0 Å². The molecule has 3 aromatic heterocycles. The fourth-order valence-corrected chi connectivity index (χ4v) is 2.59. The Balaban J connectivity index is 1.74. The number of aromatic nitrogens is 4. The average molecular weight is 377 g/mol. The second-order valence-corrected chi connectivity index (χ2v) is 6.17. The summed E-state index contributed by atoms with van der Waals surface area (Å²) >= 11 is 0. The summed E-state index contributed by atoms with van der Waals surface area (Å²) in [7, 11) is 0. The van der Waals surface area contributed by atoms with Gasteiger partial charge in [-0.3, -0.25) is 9.78 Å². The van der Waals surface area contributed by atoms with E-state index in [0.717, 1.165) is 18.7 Å². The Hall–Kier alpha value is -3.55. The molecule has 0 aliphatic rings. The molecule has 3 rings (SSSR count). The molecule has 0 saturated carbocycles. The predicted octanol–water partition coefficient (Wildman–Crippen LogP) is 3.42. The van der Waals surface area contributed by atoms with Crippen molar-refractivity contribution in [2.45, 2.75) is 20.8 Å². The average Bonchev–Trinajstić information content (AvgIpc) is 2.72. The van der Waals surface area contributed by atoms with E-state index in [1.165, 1.54) is 12.4 Å². The van der Waals surface area contributed by atoms with Gasteiger partial charge < -0.3 is 15.5 Å². The minimum Gasteiger partial charge on any atom is -0.341 e. The Bertz CT molecular complexity index is 922. The lowest BCUT2D eigenvalue weighted by Gasteiger charge is -2.18. The maximum atomic E-state index is 12.6. The molecule has 0 saturated heterocycles. The van der Waals surface area contributed by atoms with Crippen LogP contribution in [0.2, 0.25) is 0 Å². The van der Waals surface area contributed by atoms with Crippen molar-refractivity contribution in [3.63, 3.8) is 0 Å². The lowest BCUT2D eigenvalue weighted by atomic mass is 10.2. The molecule has 0 spiro atoms. The van der Waals surface area contributed by atoms with Crippen molar-refractivity contribution in [1.82, 2.24) is 19.9 Å². The predicted molar refractivity (Wildman–Crippen MR) is 110 cm³/mol. The van der Waals surface area contributed by atoms with Crippen LogP contribution in [0, 0.1) is 6.92 Å². The highest BCUT2D eigenvalue weighted by Gasteiger charge is 2.12. The normalized spacial score (nSPS) is 10.4. The molecule has 8 heteroatoms. The number of pyridine rings is 2. The molecule has 0 aromatic carbocycles. The van der Waals surface area contributed by atoms with Crippen molar-refractivity contribution in [3.05, 3.63) is 60.3 Å². The standard InChI is InChI=1S/C20H23N7O/c1-4-27(5-2)20-23-11-15(12-24-20)19(28)26-16-8-9-21-13-17(16)25-18-7-6-14(3)10-22-18/h6-13H,4-5H2,1-3H3,(H,22,25)(H,21,26,28). The number of nitrogens with zero attached hydrogens (tertiary/aromatic N) is 5. The molecule has 0 bridgehead atoms. The lowest BCUT2D eigenvalue weighted by molar-refractivity contribution is 0.102. The Morgan fingerprint density at radius 3 is 2.36 bits per heavy atom. The van der Waals surface area contributed by atoms with E-state index >= 15 is 0 Å². The van der Waals surface area contributed by atoms with Gasteiger partial charge in [0.05, 0.1) is 23.1 Å². The number of amides is 1. The van der Waals surface area contributed by atoms with E-state index < -0.39 is 0 Å². The number of anilines is 4. The van der Waals surface area contributed by atoms with E-state index in [2.05, 4.69) is 30.6 Å². The van der Waals surface area contributed by atoms with Crippen molar-refractivity contribution in [2.24, 2.45) is 0 Å². The molecule has 8 nitrogen and oxygen atoms in total. The summed E-state index contributed by atoms with van der Waals surface area (Å²) in [5.41, 5.74) is 2.69. The summed E-state index contributed by atoms with van der Waals surface area (Å²) < 4.78 is 0. The number of aryl methyl sites for hydroxylation is 1. The van der Waals surface area contributed by atoms with Gasteiger partial charge in [0.15, 0.2) is 0 Å². The van der Waals surface area contributed by atoms with Crippen molar-refractivity contribution < 1.29 is 4.79 Å². The van der Waals surface area contributed by atoms with Gasteiger partial charge in [-0.1, -0.05) is 6.07 Å². The van der Waals surface area contributed by atoms with Gasteiger partial charge in [0, 0.05) is 37.9 Å². The SMILES string of the molecule is CCN(CC)c1ncc(C(=O)Nc2ccncc2Nc2ccc(C)cn2)cn1. The topological polar surface area (TPSA) is 95.9 Å². The largest absolute Gasteiger partial charge is 0.341 e. The van der Waals surface area contributed by atoms with E-state index in [-0.39, 0.29) is 5.91 Å². The van der Waals surface area contributed by atoms with E-state index in [1.807, 2.05) is 37.8 Å². The Morgan fingerprint density at radius 2 is 1.71 bits per heavy atom. The molecule has 0 atom stereocenters. The lowest BCUT2D eigenvalue weighted by Crippen LogP contribution is -2.24. The van der Waals surface area contributed by atoms with Crippen LogP contribution in [0.15, 0.2) is 49.2 Å². The first-order valence-corrected chi connectivity index (χ1v) is 9.12. The van der Waals surface area contributed by atoms with E-state index in [4.69, 9.17) is 0 Å². The Labute approximate surface area is 164 Å². The van der Waals surface area contributed by atoms with Gasteiger partial charge >= 0.3 is 0 Å². The van der Waals surface area contributed by atoms with E-state index in [9.17, 15) is 4.79 Å². The zero-order chi connectivity index (χ0) is 19.9. The summed E-state index contributed by atoms with van der Waals surface area (Å²) in [4.78, 5) is 31.7. The van der Waals surface area contributed by atoms with Crippen LogP contribution < -0.4 is 15.5 Å². The zero-order valence-corrected chi connectivity index (χ0v) is 16.2. The molecule has 1 amide bonds. The van der Waals surface area contributed by atoms with E-state index in [0.29, 0.717) is 28.7 Å². The summed E-state index contributed by atoms with van der Waals surface area (Å²) in [6, 6.07) is 5.55. The number of carbonyl (C=O) groups is 1. The maximum Gasteiger partial charge on any atom is 0.258 e. The van der Waals surface area contributed by atoms with Crippen LogP contribution in [0.3, 0.4) is 0 Å². The highest BCUT2D eigenvalue weighted by Crippen LogP contribution is 2.24. The number of carbonyl (C=O) groups excluding carboxylic acids is 1. The highest BCUT2D eigenvalue weighted by molar-refractivity contribution is 6.05. The van der Waals surface area contributed by atoms with Crippen LogP contribution in [0.5, 0.6) is 0 Å². The molecule has 28 heavy (non-hydrogen) atoms. The molecule has 3 heterocycles. The van der Waals surface area contributed by atoms with Crippen molar-refractivity contribution in [1.29, 1.82) is 0 Å². The third-order valence-electron chi connectivity index (χ3n) is 4.19. The summed E-state index contributed by atoms with van der Waals surface area (Å²) in [5, 5.41) is 6.04. The molecule has 0 unspecified atom stereocenters. The number of hydrogen-bond acceptors (Lipinski definition) is 7. The van der Waals surface area contributed by atoms with Crippen LogP contribution >= 0.6 is 0 Å². The molecule has 0 aliphatic heterocycles. The van der Waals surface area contributed by atoms with Crippen LogP contribution in [0.4, 0.5) is 23.1 Å². The molecular formula is C20H23N7O. The second kappa shape index (κ2) is 8.90. The maximum absolute atomic E-state index is 12.6. The van der Waals surface area contributed by atoms with Crippen molar-refractivity contribution in [3.8, 4) is 0 Å². The second-order valence-electron chi connectivity index (χ2n) is 6.17. The van der Waals surface area contributed by atoms with Gasteiger partial charge in [-0.05, 0) is 38.5 Å². The van der Waals surface area contributed by atoms with Gasteiger partial charge in [-0.15, -0.1) is 0 Å². The fourth-order valence-electron chi connectivity index (χ4n) is 2.59. The van der Waals surface area contributed by atoms with Crippen molar-refractivity contribution >= 4 is 29.0 Å². The smallest absolute Gasteiger partial charge is 0.258 e. The van der Waals surface area contributed by atoms with Gasteiger partial charge in [0.25, 0.3) is 5.91 Å². The quantitative estimate of drug-likeness (QED) is 0.651. The first-order chi connectivity index (χ1) is 13.6. The van der Waals surface area contributed by atoms with Crippen LogP contribution in [-0.2, 0) is 0 Å². The molecule has 3 aromatic rings. The first-order valence-electron chi connectivity index (χ1n) is 9.12. The number of rotatable bonds is 7. The van der Waals surface area contributed by atoms with E-state index in [1.54, 1.807) is 24.7 Å². The minimum atomic E-state index is -0.294. The molecule has 0 radical (unpaired) electrons. The highest BCUT2D eigenvalue weighted by atomic mass is 16.1. The van der Waals surface area contributed by atoms with Crippen LogP contribution in [0.1, 0.15) is 29.8 Å². The van der Waals surface area contributed by atoms with Gasteiger partial charge in [0.2, 0.25) is 5.95 Å². The summed E-state index contributed by atoms with van der Waals surface area (Å²) in [6.45, 7) is 7.66. The monoisotopic (exact) mass is 377 g/mol. The minimum absolute atomic E-state index is 0.294. The zero-order valence-electron chi connectivity index (χ0n) is 16.2. The summed E-state index contributed by atoms with van der Waals surface area (Å²) in [5.74, 6) is 0.983. The van der Waals surface area contributed by atoms with Crippen LogP contribution in [-0.4, -0.2) is 38.9 Å². The van der Waals surface area contributed by atoms with Gasteiger partial charge in [-0.25, -0.2) is 15.0 Å². The molecular weight excluding hydrogens is 354 g/mol. The molecule has 2 N–H and O–H groups in total. The Morgan fingerprint density at radius 1 is 0.964 bits per heavy atom. The fraction of sp³-hybridized carbons (Fsp3) is 0.250. The summed E-state index contributed by atoms with van der Waals surface area (Å²) in [6.07, 6.45) is 8.09.